The summed E-state index contributed by atoms with van der Waals surface area (Å²) in [5.41, 5.74) is 6.43. The summed E-state index contributed by atoms with van der Waals surface area (Å²) >= 11 is 0. The highest BCUT2D eigenvalue weighted by molar-refractivity contribution is 5.85. The molecule has 0 aromatic heterocycles. The minimum atomic E-state index is 0. The van der Waals surface area contributed by atoms with Crippen LogP contribution >= 0.6 is 24.8 Å². The third-order valence-electron chi connectivity index (χ3n) is 2.01. The van der Waals surface area contributed by atoms with Crippen molar-refractivity contribution in [3.8, 4) is 5.75 Å². The van der Waals surface area contributed by atoms with Crippen molar-refractivity contribution < 1.29 is 5.11 Å². The van der Waals surface area contributed by atoms with Gasteiger partial charge in [-0.3, -0.25) is 5.41 Å². The Balaban J connectivity index is 0. The van der Waals surface area contributed by atoms with Crippen LogP contribution < -0.4 is 5.73 Å². The molecule has 3 nitrogen and oxygen atoms in total. The highest BCUT2D eigenvalue weighted by Crippen LogP contribution is 2.13. The Labute approximate surface area is 102 Å². The van der Waals surface area contributed by atoms with Crippen LogP contribution in [0.2, 0.25) is 0 Å². The van der Waals surface area contributed by atoms with E-state index >= 15 is 0 Å². The Morgan fingerprint density at radius 3 is 2.20 bits per heavy atom. The third-order valence-corrected chi connectivity index (χ3v) is 2.01. The first kappa shape index (κ1) is 16.5. The van der Waals surface area contributed by atoms with E-state index in [1.54, 1.807) is 12.1 Å². The Kier molecular flexibility index (Phi) is 8.11. The van der Waals surface area contributed by atoms with E-state index in [1.807, 2.05) is 19.1 Å². The molecule has 0 fully saturated rings. The molecule has 0 aliphatic heterocycles. The largest absolute Gasteiger partial charge is 0.508 e. The van der Waals surface area contributed by atoms with Crippen molar-refractivity contribution in [1.82, 2.24) is 0 Å². The highest BCUT2D eigenvalue weighted by atomic mass is 35.5. The molecule has 1 rings (SSSR count). The van der Waals surface area contributed by atoms with Gasteiger partial charge in [0.25, 0.3) is 0 Å². The first-order valence-corrected chi connectivity index (χ1v) is 4.21. The van der Waals surface area contributed by atoms with Gasteiger partial charge in [-0.2, -0.15) is 0 Å². The molecule has 4 N–H and O–H groups in total. The number of hydrogen-bond acceptors (Lipinski definition) is 2. The van der Waals surface area contributed by atoms with Crippen molar-refractivity contribution in [2.45, 2.75) is 13.3 Å². The first-order chi connectivity index (χ1) is 6.09. The molecule has 1 atom stereocenters. The number of nitrogens with two attached hydrogens (primary N) is 1. The minimum Gasteiger partial charge on any atom is -0.508 e. The summed E-state index contributed by atoms with van der Waals surface area (Å²) in [5, 5.41) is 16.3. The molecule has 0 bridgehead atoms. The van der Waals surface area contributed by atoms with Gasteiger partial charge in [-0.1, -0.05) is 19.1 Å². The summed E-state index contributed by atoms with van der Waals surface area (Å²) in [5.74, 6) is 0.525. The fraction of sp³-hybridized carbons (Fsp3) is 0.300. The number of rotatable bonds is 3. The van der Waals surface area contributed by atoms with E-state index in [2.05, 4.69) is 0 Å². The van der Waals surface area contributed by atoms with Crippen molar-refractivity contribution in [2.24, 2.45) is 11.7 Å². The van der Waals surface area contributed by atoms with Crippen molar-refractivity contribution in [1.29, 1.82) is 5.41 Å². The fourth-order valence-electron chi connectivity index (χ4n) is 1.10. The van der Waals surface area contributed by atoms with E-state index in [0.29, 0.717) is 0 Å². The maximum atomic E-state index is 9.03. The second-order valence-corrected chi connectivity index (χ2v) is 3.23. The minimum absolute atomic E-state index is 0. The lowest BCUT2D eigenvalue weighted by molar-refractivity contribution is 0.475. The number of hydrogen-bond donors (Lipinski definition) is 3. The zero-order chi connectivity index (χ0) is 9.84. The van der Waals surface area contributed by atoms with Crippen LogP contribution in [-0.2, 0) is 6.42 Å². The maximum Gasteiger partial charge on any atom is 0.115 e. The monoisotopic (exact) mass is 250 g/mol. The molecule has 1 aromatic carbocycles. The Hall–Kier alpha value is -0.930. The van der Waals surface area contributed by atoms with Crippen molar-refractivity contribution in [3.63, 3.8) is 0 Å². The number of halogens is 2. The molecule has 15 heavy (non-hydrogen) atoms. The molecule has 1 unspecified atom stereocenters. The van der Waals surface area contributed by atoms with Crippen LogP contribution in [0.1, 0.15) is 12.5 Å². The predicted octanol–water partition coefficient (Wildman–Crippen LogP) is 2.35. The molecule has 0 spiro atoms. The maximum absolute atomic E-state index is 9.03. The summed E-state index contributed by atoms with van der Waals surface area (Å²) in [6, 6.07) is 6.97. The van der Waals surface area contributed by atoms with E-state index in [-0.39, 0.29) is 42.3 Å². The molecular weight excluding hydrogens is 235 g/mol. The Morgan fingerprint density at radius 2 is 1.80 bits per heavy atom. The SMILES string of the molecule is CC(Cc1ccc(O)cc1)C(=N)N.Cl.Cl. The van der Waals surface area contributed by atoms with Gasteiger partial charge < -0.3 is 10.8 Å². The smallest absolute Gasteiger partial charge is 0.115 e. The number of aromatic hydroxyl groups is 1. The van der Waals surface area contributed by atoms with Gasteiger partial charge in [0.2, 0.25) is 0 Å². The molecule has 0 saturated heterocycles. The van der Waals surface area contributed by atoms with Crippen molar-refractivity contribution in [3.05, 3.63) is 29.8 Å². The third kappa shape index (κ3) is 5.50. The van der Waals surface area contributed by atoms with Crippen molar-refractivity contribution in [2.75, 3.05) is 0 Å². The number of phenolic OH excluding ortho intramolecular Hbond substituents is 1. The zero-order valence-corrected chi connectivity index (χ0v) is 10.1. The highest BCUT2D eigenvalue weighted by Gasteiger charge is 2.05. The van der Waals surface area contributed by atoms with Gasteiger partial charge in [-0.25, -0.2) is 0 Å². The van der Waals surface area contributed by atoms with Crippen LogP contribution in [0, 0.1) is 11.3 Å². The molecular formula is C10H16Cl2N2O. The fourth-order valence-corrected chi connectivity index (χ4v) is 1.10. The van der Waals surface area contributed by atoms with Crippen LogP contribution in [0.3, 0.4) is 0 Å². The number of nitrogens with one attached hydrogen (secondary N) is 1. The average molecular weight is 251 g/mol. The normalized spacial score (nSPS) is 10.7. The van der Waals surface area contributed by atoms with Gasteiger partial charge in [0, 0.05) is 5.92 Å². The van der Waals surface area contributed by atoms with Gasteiger partial charge in [-0.15, -0.1) is 24.8 Å². The second kappa shape index (κ2) is 7.37. The molecule has 0 aliphatic rings. The lowest BCUT2D eigenvalue weighted by Crippen LogP contribution is -2.21. The van der Waals surface area contributed by atoms with Crippen LogP contribution in [0.4, 0.5) is 0 Å². The van der Waals surface area contributed by atoms with E-state index in [9.17, 15) is 0 Å². The van der Waals surface area contributed by atoms with Crippen LogP contribution in [0.25, 0.3) is 0 Å². The summed E-state index contributed by atoms with van der Waals surface area (Å²) in [7, 11) is 0. The summed E-state index contributed by atoms with van der Waals surface area (Å²) in [4.78, 5) is 0. The molecule has 0 saturated carbocycles. The molecule has 1 aromatic rings. The lowest BCUT2D eigenvalue weighted by atomic mass is 10.0. The molecule has 0 aliphatic carbocycles. The summed E-state index contributed by atoms with van der Waals surface area (Å²) < 4.78 is 0. The number of benzene rings is 1. The van der Waals surface area contributed by atoms with E-state index < -0.39 is 0 Å². The molecule has 0 amide bonds. The van der Waals surface area contributed by atoms with E-state index in [1.165, 1.54) is 0 Å². The molecule has 86 valence electrons. The van der Waals surface area contributed by atoms with Crippen molar-refractivity contribution >= 4 is 30.6 Å². The summed E-state index contributed by atoms with van der Waals surface area (Å²) in [6.07, 6.45) is 0.746. The van der Waals surface area contributed by atoms with Crippen LogP contribution in [0.5, 0.6) is 5.75 Å². The van der Waals surface area contributed by atoms with Crippen LogP contribution in [0.15, 0.2) is 24.3 Å². The second-order valence-electron chi connectivity index (χ2n) is 3.23. The first-order valence-electron chi connectivity index (χ1n) is 4.21. The molecule has 5 heteroatoms. The van der Waals surface area contributed by atoms with Gasteiger partial charge in [0.05, 0.1) is 5.84 Å². The average Bonchev–Trinajstić information content (AvgIpc) is 2.08. The zero-order valence-electron chi connectivity index (χ0n) is 8.43. The molecule has 0 radical (unpaired) electrons. The van der Waals surface area contributed by atoms with Gasteiger partial charge in [0.1, 0.15) is 5.75 Å². The predicted molar refractivity (Wildman–Crippen MR) is 67.4 cm³/mol. The molecule has 0 heterocycles. The number of phenols is 1. The topological polar surface area (TPSA) is 70.1 Å². The lowest BCUT2D eigenvalue weighted by Gasteiger charge is -2.08. The summed E-state index contributed by atoms with van der Waals surface area (Å²) in [6.45, 7) is 1.91. The van der Waals surface area contributed by atoms with Gasteiger partial charge in [-0.05, 0) is 24.1 Å². The standard InChI is InChI=1S/C10H14N2O.2ClH/c1-7(10(11)12)6-8-2-4-9(13)5-3-8;;/h2-5,7,13H,6H2,1H3,(H3,11,12);2*1H. The van der Waals surface area contributed by atoms with Gasteiger partial charge >= 0.3 is 0 Å². The Morgan fingerprint density at radius 1 is 1.33 bits per heavy atom. The number of amidine groups is 1. The quantitative estimate of drug-likeness (QED) is 0.570. The Bertz CT molecular complexity index is 301. The van der Waals surface area contributed by atoms with E-state index in [4.69, 9.17) is 16.2 Å². The van der Waals surface area contributed by atoms with Gasteiger partial charge in [0.15, 0.2) is 0 Å². The van der Waals surface area contributed by atoms with Crippen LogP contribution in [-0.4, -0.2) is 10.9 Å². The van der Waals surface area contributed by atoms with E-state index in [0.717, 1.165) is 12.0 Å².